The molecule has 4 nitrogen and oxygen atoms in total. The number of benzene rings is 1. The molecule has 0 radical (unpaired) electrons. The van der Waals surface area contributed by atoms with E-state index in [4.69, 9.17) is 0 Å². The predicted molar refractivity (Wildman–Crippen MR) is 95.9 cm³/mol. The molecule has 2 aromatic rings. The fourth-order valence-corrected chi connectivity index (χ4v) is 3.84. The summed E-state index contributed by atoms with van der Waals surface area (Å²) in [6, 6.07) is 13.3. The first-order valence-electron chi connectivity index (χ1n) is 8.30. The second kappa shape index (κ2) is 7.62. The zero-order valence-electron chi connectivity index (χ0n) is 13.9. The highest BCUT2D eigenvalue weighted by Crippen LogP contribution is 2.23. The first kappa shape index (κ1) is 16.7. The zero-order chi connectivity index (χ0) is 16.9. The van der Waals surface area contributed by atoms with Crippen LogP contribution < -0.4 is 0 Å². The highest BCUT2D eigenvalue weighted by atomic mass is 32.1. The maximum atomic E-state index is 12.9. The van der Waals surface area contributed by atoms with Crippen LogP contribution in [0.3, 0.4) is 0 Å². The molecule has 0 N–H and O–H groups in total. The lowest BCUT2D eigenvalue weighted by Gasteiger charge is -2.36. The molecule has 1 atom stereocenters. The Morgan fingerprint density at radius 3 is 2.67 bits per heavy atom. The van der Waals surface area contributed by atoms with Gasteiger partial charge in [-0.05, 0) is 36.3 Å². The van der Waals surface area contributed by atoms with E-state index in [0.717, 1.165) is 24.8 Å². The molecule has 1 fully saturated rings. The molecule has 0 aliphatic carbocycles. The summed E-state index contributed by atoms with van der Waals surface area (Å²) < 4.78 is 0. The minimum absolute atomic E-state index is 0.0174. The number of likely N-dealkylation sites (N-methyl/N-ethyl adjacent to an activating group) is 1. The van der Waals surface area contributed by atoms with Crippen LogP contribution in [-0.2, 0) is 11.3 Å². The van der Waals surface area contributed by atoms with Crippen molar-refractivity contribution in [2.24, 2.45) is 0 Å². The lowest BCUT2D eigenvalue weighted by Crippen LogP contribution is -2.52. The Labute approximate surface area is 146 Å². The Kier molecular flexibility index (Phi) is 5.30. The van der Waals surface area contributed by atoms with E-state index in [9.17, 15) is 9.59 Å². The fraction of sp³-hybridized carbons (Fsp3) is 0.368. The van der Waals surface area contributed by atoms with Crippen LogP contribution in [0.25, 0.3) is 0 Å². The molecule has 5 heteroatoms. The predicted octanol–water partition coefficient (Wildman–Crippen LogP) is 3.40. The highest BCUT2D eigenvalue weighted by Gasteiger charge is 2.34. The SMILES string of the molecule is CN(Cc1ccccc1)C(=O)C1CCCCN1C(=O)c1cccs1. The maximum Gasteiger partial charge on any atom is 0.264 e. The Bertz CT molecular complexity index is 685. The Balaban J connectivity index is 1.72. The van der Waals surface area contributed by atoms with Crippen molar-refractivity contribution in [3.8, 4) is 0 Å². The van der Waals surface area contributed by atoms with Gasteiger partial charge in [0.2, 0.25) is 5.91 Å². The van der Waals surface area contributed by atoms with Crippen molar-refractivity contribution < 1.29 is 9.59 Å². The van der Waals surface area contributed by atoms with Crippen molar-refractivity contribution in [3.05, 3.63) is 58.3 Å². The van der Waals surface area contributed by atoms with Gasteiger partial charge >= 0.3 is 0 Å². The van der Waals surface area contributed by atoms with Crippen molar-refractivity contribution in [2.75, 3.05) is 13.6 Å². The summed E-state index contributed by atoms with van der Waals surface area (Å²) >= 11 is 1.43. The normalized spacial score (nSPS) is 17.5. The molecule has 1 aromatic heterocycles. The fourth-order valence-electron chi connectivity index (χ4n) is 3.16. The van der Waals surface area contributed by atoms with E-state index in [1.54, 1.807) is 9.80 Å². The number of hydrogen-bond acceptors (Lipinski definition) is 3. The summed E-state index contributed by atoms with van der Waals surface area (Å²) in [7, 11) is 1.82. The molecule has 0 bridgehead atoms. The van der Waals surface area contributed by atoms with Crippen molar-refractivity contribution in [1.82, 2.24) is 9.80 Å². The third kappa shape index (κ3) is 3.67. The van der Waals surface area contributed by atoms with Crippen LogP contribution in [0.4, 0.5) is 0 Å². The second-order valence-corrected chi connectivity index (χ2v) is 7.12. The number of carbonyl (C=O) groups is 2. The summed E-state index contributed by atoms with van der Waals surface area (Å²) in [5, 5.41) is 1.90. The van der Waals surface area contributed by atoms with E-state index in [1.165, 1.54) is 11.3 Å². The molecule has 1 aliphatic rings. The smallest absolute Gasteiger partial charge is 0.264 e. The van der Waals surface area contributed by atoms with Gasteiger partial charge < -0.3 is 9.80 Å². The topological polar surface area (TPSA) is 40.6 Å². The van der Waals surface area contributed by atoms with Crippen LogP contribution >= 0.6 is 11.3 Å². The minimum atomic E-state index is -0.345. The first-order chi connectivity index (χ1) is 11.7. The van der Waals surface area contributed by atoms with Gasteiger partial charge in [0, 0.05) is 20.1 Å². The van der Waals surface area contributed by atoms with Gasteiger partial charge in [0.1, 0.15) is 6.04 Å². The Hall–Kier alpha value is -2.14. The number of nitrogens with zero attached hydrogens (tertiary/aromatic N) is 2. The van der Waals surface area contributed by atoms with Crippen molar-refractivity contribution in [3.63, 3.8) is 0 Å². The zero-order valence-corrected chi connectivity index (χ0v) is 14.7. The third-order valence-electron chi connectivity index (χ3n) is 4.42. The second-order valence-electron chi connectivity index (χ2n) is 6.17. The van der Waals surface area contributed by atoms with Crippen LogP contribution in [0.15, 0.2) is 47.8 Å². The van der Waals surface area contributed by atoms with Gasteiger partial charge in [-0.3, -0.25) is 9.59 Å². The first-order valence-corrected chi connectivity index (χ1v) is 9.18. The molecule has 1 saturated heterocycles. The summed E-state index contributed by atoms with van der Waals surface area (Å²) in [5.41, 5.74) is 1.10. The van der Waals surface area contributed by atoms with Gasteiger partial charge in [0.25, 0.3) is 5.91 Å². The van der Waals surface area contributed by atoms with Crippen LogP contribution in [0, 0.1) is 0 Å². The third-order valence-corrected chi connectivity index (χ3v) is 5.28. The van der Waals surface area contributed by atoms with E-state index in [-0.39, 0.29) is 17.9 Å². The molecule has 1 unspecified atom stereocenters. The molecule has 24 heavy (non-hydrogen) atoms. The van der Waals surface area contributed by atoms with Gasteiger partial charge in [-0.1, -0.05) is 36.4 Å². The number of piperidine rings is 1. The minimum Gasteiger partial charge on any atom is -0.340 e. The van der Waals surface area contributed by atoms with Crippen LogP contribution in [0.5, 0.6) is 0 Å². The quantitative estimate of drug-likeness (QED) is 0.854. The number of likely N-dealkylation sites (tertiary alicyclic amines) is 1. The molecular weight excluding hydrogens is 320 g/mol. The van der Waals surface area contributed by atoms with Crippen molar-refractivity contribution in [1.29, 1.82) is 0 Å². The molecule has 1 aromatic carbocycles. The summed E-state index contributed by atoms with van der Waals surface area (Å²) in [6.07, 6.45) is 2.70. The molecular formula is C19H22N2O2S. The van der Waals surface area contributed by atoms with E-state index in [1.807, 2.05) is 54.9 Å². The van der Waals surface area contributed by atoms with Crippen molar-refractivity contribution >= 4 is 23.2 Å². The van der Waals surface area contributed by atoms with Gasteiger partial charge in [-0.25, -0.2) is 0 Å². The van der Waals surface area contributed by atoms with Crippen LogP contribution in [0.1, 0.15) is 34.5 Å². The number of rotatable bonds is 4. The highest BCUT2D eigenvalue weighted by molar-refractivity contribution is 7.12. The summed E-state index contributed by atoms with van der Waals surface area (Å²) in [5.74, 6) is 0.0135. The van der Waals surface area contributed by atoms with E-state index in [0.29, 0.717) is 18.0 Å². The molecule has 0 saturated carbocycles. The van der Waals surface area contributed by atoms with E-state index in [2.05, 4.69) is 0 Å². The Morgan fingerprint density at radius 2 is 1.96 bits per heavy atom. The molecule has 3 rings (SSSR count). The molecule has 0 spiro atoms. The standard InChI is InChI=1S/C19H22N2O2S/c1-20(14-15-8-3-2-4-9-15)18(22)16-10-5-6-12-21(16)19(23)17-11-7-13-24-17/h2-4,7-9,11,13,16H,5-6,10,12,14H2,1H3. The molecule has 2 amide bonds. The van der Waals surface area contributed by atoms with Gasteiger partial charge in [-0.2, -0.15) is 0 Å². The Morgan fingerprint density at radius 1 is 1.17 bits per heavy atom. The van der Waals surface area contributed by atoms with Crippen molar-refractivity contribution in [2.45, 2.75) is 31.8 Å². The average molecular weight is 342 g/mol. The molecule has 126 valence electrons. The van der Waals surface area contributed by atoms with E-state index >= 15 is 0 Å². The van der Waals surface area contributed by atoms with Gasteiger partial charge in [-0.15, -0.1) is 11.3 Å². The molecule has 2 heterocycles. The number of hydrogen-bond donors (Lipinski definition) is 0. The maximum absolute atomic E-state index is 12.9. The van der Waals surface area contributed by atoms with Crippen LogP contribution in [0.2, 0.25) is 0 Å². The summed E-state index contributed by atoms with van der Waals surface area (Å²) in [6.45, 7) is 1.23. The monoisotopic (exact) mass is 342 g/mol. The largest absolute Gasteiger partial charge is 0.340 e. The number of amides is 2. The van der Waals surface area contributed by atoms with Gasteiger partial charge in [0.15, 0.2) is 0 Å². The lowest BCUT2D eigenvalue weighted by atomic mass is 10.0. The lowest BCUT2D eigenvalue weighted by molar-refractivity contribution is -0.136. The van der Waals surface area contributed by atoms with E-state index < -0.39 is 0 Å². The van der Waals surface area contributed by atoms with Gasteiger partial charge in [0.05, 0.1) is 4.88 Å². The number of carbonyl (C=O) groups excluding carboxylic acids is 2. The van der Waals surface area contributed by atoms with Crippen LogP contribution in [-0.4, -0.2) is 41.2 Å². The number of thiophene rings is 1. The average Bonchev–Trinajstić information content (AvgIpc) is 3.16. The summed E-state index contributed by atoms with van der Waals surface area (Å²) in [4.78, 5) is 29.9. The molecule has 1 aliphatic heterocycles.